The van der Waals surface area contributed by atoms with E-state index >= 15 is 0 Å². The molecule has 2 aliphatic rings. The van der Waals surface area contributed by atoms with Crippen molar-refractivity contribution >= 4 is 12.0 Å². The van der Waals surface area contributed by atoms with Crippen molar-refractivity contribution in [1.29, 1.82) is 0 Å². The van der Waals surface area contributed by atoms with Gasteiger partial charge in [-0.1, -0.05) is 0 Å². The predicted molar refractivity (Wildman–Crippen MR) is 75.0 cm³/mol. The van der Waals surface area contributed by atoms with Crippen LogP contribution in [0.4, 0.5) is 4.79 Å². The SMILES string of the molecule is CC1(C)CN(C(=O)N2CC(O)C[C@H]2C(=O)O)CC(C)(C)O1. The van der Waals surface area contributed by atoms with Crippen LogP contribution in [0.15, 0.2) is 0 Å². The maximum atomic E-state index is 12.7. The summed E-state index contributed by atoms with van der Waals surface area (Å²) in [5, 5.41) is 18.9. The number of urea groups is 1. The second-order valence-corrected chi connectivity index (χ2v) is 7.16. The average Bonchev–Trinajstić information content (AvgIpc) is 2.66. The third-order valence-electron chi connectivity index (χ3n) is 3.78. The maximum Gasteiger partial charge on any atom is 0.326 e. The van der Waals surface area contributed by atoms with Gasteiger partial charge in [-0.25, -0.2) is 9.59 Å². The summed E-state index contributed by atoms with van der Waals surface area (Å²) in [5.74, 6) is -1.08. The summed E-state index contributed by atoms with van der Waals surface area (Å²) in [6, 6.07) is -1.30. The molecule has 2 N–H and O–H groups in total. The van der Waals surface area contributed by atoms with Gasteiger partial charge in [0, 0.05) is 13.0 Å². The predicted octanol–water partition coefficient (Wildman–Crippen LogP) is 0.516. The Morgan fingerprint density at radius 3 is 2.14 bits per heavy atom. The standard InChI is InChI=1S/C14H24N2O5/c1-13(2)7-15(8-14(3,4)21-13)12(20)16-6-9(17)5-10(16)11(18)19/h9-10,17H,5-8H2,1-4H3,(H,18,19)/t9?,10-/m0/s1. The van der Waals surface area contributed by atoms with Crippen molar-refractivity contribution in [1.82, 2.24) is 9.80 Å². The molecular weight excluding hydrogens is 276 g/mol. The summed E-state index contributed by atoms with van der Waals surface area (Å²) in [4.78, 5) is 26.8. The molecule has 1 unspecified atom stereocenters. The summed E-state index contributed by atoms with van der Waals surface area (Å²) in [6.07, 6.45) is -0.699. The van der Waals surface area contributed by atoms with E-state index in [1.807, 2.05) is 27.7 Å². The molecule has 0 radical (unpaired) electrons. The molecule has 7 heteroatoms. The Morgan fingerprint density at radius 1 is 1.14 bits per heavy atom. The number of carbonyl (C=O) groups is 2. The fourth-order valence-electron chi connectivity index (χ4n) is 3.36. The largest absolute Gasteiger partial charge is 0.480 e. The fraction of sp³-hybridized carbons (Fsp3) is 0.857. The van der Waals surface area contributed by atoms with Crippen LogP contribution in [0.1, 0.15) is 34.1 Å². The normalized spacial score (nSPS) is 31.3. The van der Waals surface area contributed by atoms with Crippen LogP contribution in [0.5, 0.6) is 0 Å². The van der Waals surface area contributed by atoms with E-state index < -0.39 is 29.3 Å². The second-order valence-electron chi connectivity index (χ2n) is 7.16. The lowest BCUT2D eigenvalue weighted by molar-refractivity contribution is -0.172. The minimum absolute atomic E-state index is 0.0635. The molecule has 0 bridgehead atoms. The zero-order valence-electron chi connectivity index (χ0n) is 13.0. The number of ether oxygens (including phenoxy) is 1. The molecule has 2 aliphatic heterocycles. The number of carbonyl (C=O) groups excluding carboxylic acids is 1. The van der Waals surface area contributed by atoms with Crippen LogP contribution in [0.2, 0.25) is 0 Å². The van der Waals surface area contributed by atoms with Gasteiger partial charge >= 0.3 is 12.0 Å². The Morgan fingerprint density at radius 2 is 1.67 bits per heavy atom. The highest BCUT2D eigenvalue weighted by Gasteiger charge is 2.45. The lowest BCUT2D eigenvalue weighted by Crippen LogP contribution is -2.61. The van der Waals surface area contributed by atoms with E-state index in [1.54, 1.807) is 4.90 Å². The summed E-state index contributed by atoms with van der Waals surface area (Å²) >= 11 is 0. The molecule has 2 saturated heterocycles. The fourth-order valence-corrected chi connectivity index (χ4v) is 3.36. The smallest absolute Gasteiger partial charge is 0.326 e. The number of nitrogens with zero attached hydrogens (tertiary/aromatic N) is 2. The van der Waals surface area contributed by atoms with Crippen molar-refractivity contribution in [2.45, 2.75) is 57.5 Å². The number of β-amino-alcohol motifs (C(OH)–C–C–N with tert-alkyl or cyclic N) is 1. The first-order valence-corrected chi connectivity index (χ1v) is 7.17. The van der Waals surface area contributed by atoms with Crippen molar-refractivity contribution in [3.05, 3.63) is 0 Å². The number of aliphatic hydroxyl groups excluding tert-OH is 1. The zero-order valence-corrected chi connectivity index (χ0v) is 13.0. The average molecular weight is 300 g/mol. The summed E-state index contributed by atoms with van der Waals surface area (Å²) in [5.41, 5.74) is -0.983. The van der Waals surface area contributed by atoms with Gasteiger partial charge in [-0.2, -0.15) is 0 Å². The third kappa shape index (κ3) is 3.47. The molecule has 0 spiro atoms. The van der Waals surface area contributed by atoms with Crippen LogP contribution in [-0.2, 0) is 9.53 Å². The van der Waals surface area contributed by atoms with E-state index in [-0.39, 0.29) is 19.0 Å². The Bertz CT molecular complexity index is 433. The minimum Gasteiger partial charge on any atom is -0.480 e. The van der Waals surface area contributed by atoms with E-state index in [4.69, 9.17) is 4.74 Å². The molecule has 0 aliphatic carbocycles. The van der Waals surface area contributed by atoms with Crippen LogP contribution in [0.25, 0.3) is 0 Å². The Balaban J connectivity index is 2.17. The topological polar surface area (TPSA) is 90.3 Å². The van der Waals surface area contributed by atoms with Crippen LogP contribution in [0.3, 0.4) is 0 Å². The highest BCUT2D eigenvalue weighted by Crippen LogP contribution is 2.30. The molecule has 0 aromatic carbocycles. The molecule has 0 aromatic heterocycles. The van der Waals surface area contributed by atoms with Crippen molar-refractivity contribution in [3.8, 4) is 0 Å². The first-order valence-electron chi connectivity index (χ1n) is 7.17. The van der Waals surface area contributed by atoms with Crippen LogP contribution in [0, 0.1) is 0 Å². The Hall–Kier alpha value is -1.34. The molecule has 2 atom stereocenters. The summed E-state index contributed by atoms with van der Waals surface area (Å²) in [6.45, 7) is 8.48. The lowest BCUT2D eigenvalue weighted by atomic mass is 9.99. The number of hydrogen-bond donors (Lipinski definition) is 2. The number of carboxylic acids is 1. The number of amides is 2. The molecule has 2 heterocycles. The molecule has 2 rings (SSSR count). The van der Waals surface area contributed by atoms with Crippen molar-refractivity contribution < 1.29 is 24.5 Å². The van der Waals surface area contributed by atoms with Gasteiger partial charge < -0.3 is 24.7 Å². The number of aliphatic hydroxyl groups is 1. The summed E-state index contributed by atoms with van der Waals surface area (Å²) in [7, 11) is 0. The van der Waals surface area contributed by atoms with E-state index in [1.165, 1.54) is 4.90 Å². The van der Waals surface area contributed by atoms with Gasteiger partial charge in [0.2, 0.25) is 0 Å². The monoisotopic (exact) mass is 300 g/mol. The minimum atomic E-state index is -1.08. The summed E-state index contributed by atoms with van der Waals surface area (Å²) < 4.78 is 5.92. The van der Waals surface area contributed by atoms with Crippen LogP contribution in [-0.4, -0.2) is 75.0 Å². The molecule has 0 aromatic rings. The Kier molecular flexibility index (Phi) is 3.92. The first kappa shape index (κ1) is 16.0. The molecule has 21 heavy (non-hydrogen) atoms. The number of rotatable bonds is 1. The van der Waals surface area contributed by atoms with Gasteiger partial charge in [-0.15, -0.1) is 0 Å². The molecular formula is C14H24N2O5. The highest BCUT2D eigenvalue weighted by molar-refractivity contribution is 5.83. The van der Waals surface area contributed by atoms with E-state index in [0.29, 0.717) is 13.1 Å². The number of likely N-dealkylation sites (tertiary alicyclic amines) is 1. The second kappa shape index (κ2) is 5.14. The third-order valence-corrected chi connectivity index (χ3v) is 3.78. The van der Waals surface area contributed by atoms with Gasteiger partial charge in [0.25, 0.3) is 0 Å². The number of hydrogen-bond acceptors (Lipinski definition) is 4. The number of carboxylic acid groups (broad SMARTS) is 1. The number of aliphatic carboxylic acids is 1. The van der Waals surface area contributed by atoms with E-state index in [9.17, 15) is 19.8 Å². The molecule has 2 amide bonds. The van der Waals surface area contributed by atoms with Crippen LogP contribution < -0.4 is 0 Å². The van der Waals surface area contributed by atoms with Gasteiger partial charge in [0.15, 0.2) is 0 Å². The molecule has 120 valence electrons. The lowest BCUT2D eigenvalue weighted by Gasteiger charge is -2.48. The zero-order chi connectivity index (χ0) is 16.0. The first-order chi connectivity index (χ1) is 9.51. The number of morpholine rings is 1. The molecule has 0 saturated carbocycles. The van der Waals surface area contributed by atoms with Gasteiger partial charge in [-0.05, 0) is 27.7 Å². The van der Waals surface area contributed by atoms with Crippen LogP contribution >= 0.6 is 0 Å². The van der Waals surface area contributed by atoms with Gasteiger partial charge in [0.05, 0.1) is 30.4 Å². The van der Waals surface area contributed by atoms with Crippen molar-refractivity contribution in [2.24, 2.45) is 0 Å². The maximum absolute atomic E-state index is 12.7. The van der Waals surface area contributed by atoms with E-state index in [0.717, 1.165) is 0 Å². The molecule has 2 fully saturated rings. The van der Waals surface area contributed by atoms with E-state index in [2.05, 4.69) is 0 Å². The highest BCUT2D eigenvalue weighted by atomic mass is 16.5. The molecule has 7 nitrogen and oxygen atoms in total. The van der Waals surface area contributed by atoms with Gasteiger partial charge in [0.1, 0.15) is 6.04 Å². The van der Waals surface area contributed by atoms with Crippen molar-refractivity contribution in [3.63, 3.8) is 0 Å². The Labute approximate surface area is 124 Å². The van der Waals surface area contributed by atoms with Gasteiger partial charge in [-0.3, -0.25) is 0 Å². The van der Waals surface area contributed by atoms with Crippen molar-refractivity contribution in [2.75, 3.05) is 19.6 Å². The quantitative estimate of drug-likeness (QED) is 0.736.